The maximum Gasteiger partial charge on any atom is 0.299 e. The van der Waals surface area contributed by atoms with E-state index in [1.165, 1.54) is 6.07 Å². The Balaban J connectivity index is 0.000000745. The lowest BCUT2D eigenvalue weighted by Crippen LogP contribution is -2.45. The van der Waals surface area contributed by atoms with Gasteiger partial charge >= 0.3 is 0 Å². The molecule has 0 spiro atoms. The minimum Gasteiger partial charge on any atom is -0.483 e. The number of halogens is 3. The van der Waals surface area contributed by atoms with Crippen LogP contribution in [0.2, 0.25) is 0 Å². The van der Waals surface area contributed by atoms with Crippen LogP contribution in [0.1, 0.15) is 12.5 Å². The van der Waals surface area contributed by atoms with Gasteiger partial charge in [0.25, 0.3) is 12.4 Å². The van der Waals surface area contributed by atoms with E-state index in [1.807, 2.05) is 0 Å². The lowest BCUT2D eigenvalue weighted by Gasteiger charge is -2.33. The highest BCUT2D eigenvalue weighted by molar-refractivity contribution is 5.82. The van der Waals surface area contributed by atoms with Crippen LogP contribution in [0.4, 0.5) is 18.9 Å². The Morgan fingerprint density at radius 1 is 1.41 bits per heavy atom. The maximum absolute atomic E-state index is 14.2. The number of nitrogen functional groups attached to an aromatic ring is 1. The van der Waals surface area contributed by atoms with Crippen molar-refractivity contribution < 1.29 is 27.8 Å². The van der Waals surface area contributed by atoms with Gasteiger partial charge in [-0.1, -0.05) is 0 Å². The van der Waals surface area contributed by atoms with Crippen LogP contribution in [0.15, 0.2) is 23.2 Å². The normalized spacial score (nSPS) is 23.5. The summed E-state index contributed by atoms with van der Waals surface area (Å²) in [6, 6.07) is 3.47. The van der Waals surface area contributed by atoms with E-state index in [1.54, 1.807) is 0 Å². The number of ether oxygens (including phenoxy) is 1. The van der Waals surface area contributed by atoms with Crippen molar-refractivity contribution in [2.75, 3.05) is 18.9 Å². The zero-order valence-corrected chi connectivity index (χ0v) is 11.7. The summed E-state index contributed by atoms with van der Waals surface area (Å²) in [7, 11) is 0. The van der Waals surface area contributed by atoms with Gasteiger partial charge in [-0.25, -0.2) is 13.2 Å². The Bertz CT molecular complexity index is 581. The van der Waals surface area contributed by atoms with Crippen molar-refractivity contribution >= 4 is 18.0 Å². The molecule has 22 heavy (non-hydrogen) atoms. The van der Waals surface area contributed by atoms with Crippen LogP contribution in [0.5, 0.6) is 0 Å². The van der Waals surface area contributed by atoms with Crippen molar-refractivity contribution in [2.24, 2.45) is 10.7 Å². The molecule has 6 nitrogen and oxygen atoms in total. The van der Waals surface area contributed by atoms with E-state index in [0.29, 0.717) is 0 Å². The van der Waals surface area contributed by atoms with E-state index in [4.69, 9.17) is 26.1 Å². The summed E-state index contributed by atoms with van der Waals surface area (Å²) in [5.74, 6) is -4.32. The molecule has 0 bridgehead atoms. The number of benzene rings is 1. The Hall–Kier alpha value is -2.29. The second-order valence-corrected chi connectivity index (χ2v) is 4.72. The molecule has 122 valence electrons. The summed E-state index contributed by atoms with van der Waals surface area (Å²) < 4.78 is 47.0. The molecule has 1 aliphatic rings. The highest BCUT2D eigenvalue weighted by atomic mass is 19.3. The standard InChI is InChI=1S/C12H14F3N3O.CH2O2/c1-11(8-4-7(16)2-3-9(8)13)12(14,15)6-19-5-10(17)18-11;2-1-3/h2-4H,5-6,16H2,1H3,(H2,17,18);1H,(H,2,3)/t11-;/m1./s1. The van der Waals surface area contributed by atoms with Crippen LogP contribution < -0.4 is 11.5 Å². The summed E-state index contributed by atoms with van der Waals surface area (Å²) >= 11 is 0. The Kier molecular flexibility index (Phi) is 5.37. The molecule has 0 radical (unpaired) electrons. The molecule has 5 N–H and O–H groups in total. The molecule has 1 aromatic rings. The number of anilines is 1. The molecule has 9 heteroatoms. The predicted octanol–water partition coefficient (Wildman–Crippen LogP) is 1.35. The summed E-state index contributed by atoms with van der Waals surface area (Å²) in [5, 5.41) is 6.89. The molecular weight excluding hydrogens is 303 g/mol. The molecule has 1 atom stereocenters. The molecule has 2 rings (SSSR count). The van der Waals surface area contributed by atoms with E-state index in [2.05, 4.69) is 4.99 Å². The molecule has 0 amide bonds. The van der Waals surface area contributed by atoms with Gasteiger partial charge < -0.3 is 21.3 Å². The molecule has 1 heterocycles. The topological polar surface area (TPSA) is 111 Å². The zero-order valence-electron chi connectivity index (χ0n) is 11.7. The second kappa shape index (κ2) is 6.65. The van der Waals surface area contributed by atoms with E-state index in [-0.39, 0.29) is 30.2 Å². The van der Waals surface area contributed by atoms with Gasteiger partial charge in [-0.3, -0.25) is 9.79 Å². The molecule has 0 saturated carbocycles. The highest BCUT2D eigenvalue weighted by Gasteiger charge is 2.54. The molecule has 0 saturated heterocycles. The minimum absolute atomic E-state index is 0.110. The quantitative estimate of drug-likeness (QED) is 0.534. The largest absolute Gasteiger partial charge is 0.483 e. The first kappa shape index (κ1) is 17.8. The van der Waals surface area contributed by atoms with Crippen molar-refractivity contribution in [3.8, 4) is 0 Å². The smallest absolute Gasteiger partial charge is 0.299 e. The highest BCUT2D eigenvalue weighted by Crippen LogP contribution is 2.43. The number of nitrogens with two attached hydrogens (primary N) is 2. The SMILES string of the molecule is C[C@]1(c2cc(N)ccc2F)N=C(N)COCC1(F)F.O=CO. The number of nitrogens with zero attached hydrogens (tertiary/aromatic N) is 1. The van der Waals surface area contributed by atoms with Crippen molar-refractivity contribution in [3.05, 3.63) is 29.6 Å². The van der Waals surface area contributed by atoms with Crippen molar-refractivity contribution in [3.63, 3.8) is 0 Å². The summed E-state index contributed by atoms with van der Waals surface area (Å²) in [4.78, 5) is 12.1. The van der Waals surface area contributed by atoms with Crippen molar-refractivity contribution in [1.82, 2.24) is 0 Å². The van der Waals surface area contributed by atoms with Crippen molar-refractivity contribution in [1.29, 1.82) is 0 Å². The molecule has 0 unspecified atom stereocenters. The number of alkyl halides is 2. The summed E-state index contributed by atoms with van der Waals surface area (Å²) in [5.41, 5.74) is 8.76. The minimum atomic E-state index is -3.40. The lowest BCUT2D eigenvalue weighted by molar-refractivity contribution is -0.122. The van der Waals surface area contributed by atoms with Crippen LogP contribution in [0, 0.1) is 5.82 Å². The molecular formula is C13H16F3N3O3. The maximum atomic E-state index is 14.2. The predicted molar refractivity (Wildman–Crippen MR) is 74.2 cm³/mol. The third kappa shape index (κ3) is 3.48. The van der Waals surface area contributed by atoms with E-state index < -0.39 is 23.9 Å². The third-order valence-corrected chi connectivity index (χ3v) is 3.13. The number of aliphatic imine (C=N–C) groups is 1. The van der Waals surface area contributed by atoms with Gasteiger partial charge in [0, 0.05) is 11.3 Å². The number of carbonyl (C=O) groups is 1. The van der Waals surface area contributed by atoms with E-state index in [9.17, 15) is 13.2 Å². The monoisotopic (exact) mass is 319 g/mol. The first-order chi connectivity index (χ1) is 10.2. The van der Waals surface area contributed by atoms with Gasteiger partial charge in [0.15, 0.2) is 5.54 Å². The number of rotatable bonds is 1. The lowest BCUT2D eigenvalue weighted by atomic mass is 9.85. The van der Waals surface area contributed by atoms with Crippen LogP contribution in [-0.4, -0.2) is 36.6 Å². The average Bonchev–Trinajstić information content (AvgIpc) is 2.51. The van der Waals surface area contributed by atoms with Gasteiger partial charge in [0.1, 0.15) is 24.9 Å². The summed E-state index contributed by atoms with van der Waals surface area (Å²) in [6.45, 7) is -0.233. The third-order valence-electron chi connectivity index (χ3n) is 3.13. The molecule has 0 aromatic heterocycles. The Labute approximate surface area is 124 Å². The van der Waals surface area contributed by atoms with Crippen LogP contribution >= 0.6 is 0 Å². The van der Waals surface area contributed by atoms with Crippen LogP contribution in [0.3, 0.4) is 0 Å². The van der Waals surface area contributed by atoms with Gasteiger partial charge in [0.2, 0.25) is 0 Å². The molecule has 1 aliphatic heterocycles. The van der Waals surface area contributed by atoms with Crippen LogP contribution in [-0.2, 0) is 15.1 Å². The number of hydrogen-bond donors (Lipinski definition) is 3. The Morgan fingerprint density at radius 3 is 2.59 bits per heavy atom. The van der Waals surface area contributed by atoms with E-state index in [0.717, 1.165) is 19.1 Å². The fraction of sp³-hybridized carbons (Fsp3) is 0.385. The number of hydrogen-bond acceptors (Lipinski definition) is 5. The number of carboxylic acid groups (broad SMARTS) is 1. The van der Waals surface area contributed by atoms with Gasteiger partial charge in [-0.2, -0.15) is 0 Å². The van der Waals surface area contributed by atoms with Gasteiger partial charge in [0.05, 0.1) is 0 Å². The molecule has 0 fully saturated rings. The second-order valence-electron chi connectivity index (χ2n) is 4.72. The number of amidine groups is 1. The fourth-order valence-corrected chi connectivity index (χ4v) is 2.00. The van der Waals surface area contributed by atoms with Gasteiger partial charge in [-0.05, 0) is 25.1 Å². The zero-order chi connectivity index (χ0) is 17.0. The first-order valence-electron chi connectivity index (χ1n) is 6.11. The first-order valence-corrected chi connectivity index (χ1v) is 6.11. The summed E-state index contributed by atoms with van der Waals surface area (Å²) in [6.07, 6.45) is 0. The van der Waals surface area contributed by atoms with E-state index >= 15 is 0 Å². The van der Waals surface area contributed by atoms with Gasteiger partial charge in [-0.15, -0.1) is 0 Å². The molecule has 1 aromatic carbocycles. The average molecular weight is 319 g/mol. The van der Waals surface area contributed by atoms with Crippen LogP contribution in [0.25, 0.3) is 0 Å². The Morgan fingerprint density at radius 2 is 2.00 bits per heavy atom. The van der Waals surface area contributed by atoms with Crippen molar-refractivity contribution in [2.45, 2.75) is 18.4 Å². The molecule has 0 aliphatic carbocycles. The fourth-order valence-electron chi connectivity index (χ4n) is 2.00.